The Bertz CT molecular complexity index is 1190. The second-order valence-corrected chi connectivity index (χ2v) is 7.54. The van der Waals surface area contributed by atoms with E-state index in [4.69, 9.17) is 0 Å². The highest BCUT2D eigenvalue weighted by Crippen LogP contribution is 2.26. The summed E-state index contributed by atoms with van der Waals surface area (Å²) in [7, 11) is 1.76. The Balaban J connectivity index is 2.04. The number of ketones is 2. The van der Waals surface area contributed by atoms with Gasteiger partial charge in [0.25, 0.3) is 5.56 Å². The number of aromatic nitrogens is 2. The number of anilines is 1. The molecule has 0 aliphatic heterocycles. The fourth-order valence-corrected chi connectivity index (χ4v) is 3.70. The third-order valence-corrected chi connectivity index (χ3v) is 5.63. The minimum atomic E-state index is -0.906. The third-order valence-electron chi connectivity index (χ3n) is 5.63. The van der Waals surface area contributed by atoms with Crippen molar-refractivity contribution in [3.05, 3.63) is 57.5 Å². The molecule has 1 N–H and O–H groups in total. The lowest BCUT2D eigenvalue weighted by molar-refractivity contribution is -0.127. The summed E-state index contributed by atoms with van der Waals surface area (Å²) in [6.07, 6.45) is 1.89. The van der Waals surface area contributed by atoms with E-state index in [1.165, 1.54) is 11.6 Å². The van der Waals surface area contributed by atoms with Crippen molar-refractivity contribution < 1.29 is 9.59 Å². The maximum absolute atomic E-state index is 13.0. The van der Waals surface area contributed by atoms with E-state index in [0.29, 0.717) is 24.2 Å². The summed E-state index contributed by atoms with van der Waals surface area (Å²) in [5, 5.41) is 13.7. The van der Waals surface area contributed by atoms with Crippen LogP contribution in [-0.4, -0.2) is 26.6 Å². The molecule has 1 atom stereocenters. The number of carbonyl (C=O) groups excluding carboxylic acids is 2. The maximum atomic E-state index is 13.0. The molecular formula is C23H25N5O3. The van der Waals surface area contributed by atoms with Gasteiger partial charge in [0, 0.05) is 12.6 Å². The number of carbonyl (C=O) groups is 2. The molecule has 0 saturated heterocycles. The molecule has 1 aliphatic rings. The first-order chi connectivity index (χ1) is 14.8. The molecule has 0 radical (unpaired) electrons. The predicted molar refractivity (Wildman–Crippen MR) is 118 cm³/mol. The van der Waals surface area contributed by atoms with Crippen LogP contribution in [-0.2, 0) is 16.6 Å². The first-order valence-corrected chi connectivity index (χ1v) is 10.2. The van der Waals surface area contributed by atoms with Crippen LogP contribution in [0.4, 0.5) is 5.69 Å². The standard InChI is InChI=1S/C23H25N5O3/c1-5-6-12-17-21(29)18(13-24)14(2)19(22(17)30)25-26-20-15(3)27(4)28(23(20)31)16-10-8-7-9-11-16/h7-11,17,26H,5-6,12H2,1-4H3. The summed E-state index contributed by atoms with van der Waals surface area (Å²) in [5.41, 5.74) is 4.16. The molecule has 0 fully saturated rings. The van der Waals surface area contributed by atoms with Crippen molar-refractivity contribution >= 4 is 23.0 Å². The summed E-state index contributed by atoms with van der Waals surface area (Å²) in [5.74, 6) is -1.77. The van der Waals surface area contributed by atoms with Crippen molar-refractivity contribution in [2.45, 2.75) is 40.0 Å². The highest BCUT2D eigenvalue weighted by molar-refractivity contribution is 6.53. The van der Waals surface area contributed by atoms with Gasteiger partial charge in [-0.25, -0.2) is 4.68 Å². The van der Waals surface area contributed by atoms with Gasteiger partial charge in [-0.2, -0.15) is 10.4 Å². The molecule has 160 valence electrons. The SMILES string of the molecule is CCCCC1C(=O)C(=NNc2c(C)n(C)n(-c3ccccc3)c2=O)C(C)=C(C#N)C1=O. The van der Waals surface area contributed by atoms with Gasteiger partial charge >= 0.3 is 0 Å². The van der Waals surface area contributed by atoms with Gasteiger partial charge in [0.15, 0.2) is 11.6 Å². The Morgan fingerprint density at radius 1 is 1.13 bits per heavy atom. The third kappa shape index (κ3) is 3.87. The number of hydrogen-bond acceptors (Lipinski definition) is 6. The quantitative estimate of drug-likeness (QED) is 0.572. The van der Waals surface area contributed by atoms with Gasteiger partial charge in [-0.1, -0.05) is 38.0 Å². The average Bonchev–Trinajstić information content (AvgIpc) is 2.97. The van der Waals surface area contributed by atoms with E-state index in [1.54, 1.807) is 18.7 Å². The average molecular weight is 419 g/mol. The molecule has 0 spiro atoms. The number of nitrogens with zero attached hydrogens (tertiary/aromatic N) is 4. The second-order valence-electron chi connectivity index (χ2n) is 7.54. The van der Waals surface area contributed by atoms with Gasteiger partial charge in [0.05, 0.1) is 17.3 Å². The number of nitriles is 1. The van der Waals surface area contributed by atoms with Crippen molar-refractivity contribution in [3.8, 4) is 11.8 Å². The second kappa shape index (κ2) is 8.96. The molecule has 2 aromatic rings. The van der Waals surface area contributed by atoms with Crippen LogP contribution in [0, 0.1) is 24.2 Å². The van der Waals surface area contributed by atoms with Gasteiger partial charge in [-0.05, 0) is 32.4 Å². The number of benzene rings is 1. The zero-order valence-electron chi connectivity index (χ0n) is 18.1. The molecule has 1 aliphatic carbocycles. The number of hydrazone groups is 1. The summed E-state index contributed by atoms with van der Waals surface area (Å²) in [6, 6.07) is 11.1. The smallest absolute Gasteiger partial charge is 0.293 e. The number of hydrogen-bond donors (Lipinski definition) is 1. The maximum Gasteiger partial charge on any atom is 0.296 e. The molecular weight excluding hydrogens is 394 g/mol. The predicted octanol–water partition coefficient (Wildman–Crippen LogP) is 3.05. The molecule has 31 heavy (non-hydrogen) atoms. The van der Waals surface area contributed by atoms with Crippen LogP contribution in [0.15, 0.2) is 51.4 Å². The molecule has 0 amide bonds. The summed E-state index contributed by atoms with van der Waals surface area (Å²) < 4.78 is 3.19. The Labute approximate surface area is 180 Å². The molecule has 1 heterocycles. The molecule has 1 aromatic heterocycles. The number of rotatable bonds is 6. The van der Waals surface area contributed by atoms with Crippen molar-refractivity contribution in [1.29, 1.82) is 5.26 Å². The van der Waals surface area contributed by atoms with Crippen LogP contribution in [0.25, 0.3) is 5.69 Å². The molecule has 8 nitrogen and oxygen atoms in total. The first kappa shape index (κ1) is 22.0. The fraction of sp³-hybridized carbons (Fsp3) is 0.348. The number of allylic oxidation sites excluding steroid dienone is 2. The van der Waals surface area contributed by atoms with Crippen molar-refractivity contribution in [2.24, 2.45) is 18.1 Å². The lowest BCUT2D eigenvalue weighted by Gasteiger charge is -2.21. The molecule has 3 rings (SSSR count). The van der Waals surface area contributed by atoms with Crippen molar-refractivity contribution in [3.63, 3.8) is 0 Å². The Hall–Kier alpha value is -3.73. The van der Waals surface area contributed by atoms with E-state index in [9.17, 15) is 19.6 Å². The van der Waals surface area contributed by atoms with Crippen LogP contribution < -0.4 is 11.0 Å². The molecule has 0 saturated carbocycles. The van der Waals surface area contributed by atoms with Gasteiger partial charge < -0.3 is 0 Å². The van der Waals surface area contributed by atoms with E-state index in [2.05, 4.69) is 10.5 Å². The van der Waals surface area contributed by atoms with Gasteiger partial charge in [0.2, 0.25) is 0 Å². The molecule has 1 aromatic carbocycles. The summed E-state index contributed by atoms with van der Waals surface area (Å²) in [6.45, 7) is 5.27. The van der Waals surface area contributed by atoms with E-state index in [1.807, 2.05) is 43.3 Å². The normalized spacial score (nSPS) is 17.9. The number of Topliss-reactive ketones (excluding diaryl/α,β-unsaturated/α-hetero) is 2. The zero-order chi connectivity index (χ0) is 22.7. The minimum absolute atomic E-state index is 0.0196. The summed E-state index contributed by atoms with van der Waals surface area (Å²) >= 11 is 0. The highest BCUT2D eigenvalue weighted by atomic mass is 16.2. The monoisotopic (exact) mass is 419 g/mol. The van der Waals surface area contributed by atoms with E-state index in [-0.39, 0.29) is 28.1 Å². The minimum Gasteiger partial charge on any atom is -0.293 e. The topological polar surface area (TPSA) is 109 Å². The molecule has 1 unspecified atom stereocenters. The van der Waals surface area contributed by atoms with E-state index < -0.39 is 17.5 Å². The lowest BCUT2D eigenvalue weighted by Crippen LogP contribution is -2.38. The number of nitrogens with one attached hydrogen (secondary N) is 1. The van der Waals surface area contributed by atoms with Crippen LogP contribution in [0.3, 0.4) is 0 Å². The van der Waals surface area contributed by atoms with Crippen molar-refractivity contribution in [1.82, 2.24) is 9.36 Å². The van der Waals surface area contributed by atoms with Crippen LogP contribution in [0.5, 0.6) is 0 Å². The Kier molecular flexibility index (Phi) is 6.35. The molecule has 0 bridgehead atoms. The van der Waals surface area contributed by atoms with E-state index >= 15 is 0 Å². The van der Waals surface area contributed by atoms with Crippen LogP contribution in [0.2, 0.25) is 0 Å². The Morgan fingerprint density at radius 2 is 1.81 bits per heavy atom. The van der Waals surface area contributed by atoms with Gasteiger partial charge in [0.1, 0.15) is 23.0 Å². The van der Waals surface area contributed by atoms with Gasteiger partial charge in [-0.15, -0.1) is 0 Å². The molecule has 8 heteroatoms. The van der Waals surface area contributed by atoms with Crippen LogP contribution >= 0.6 is 0 Å². The number of unbranched alkanes of at least 4 members (excludes halogenated alkanes) is 1. The van der Waals surface area contributed by atoms with E-state index in [0.717, 1.165) is 6.42 Å². The highest BCUT2D eigenvalue weighted by Gasteiger charge is 2.39. The zero-order valence-corrected chi connectivity index (χ0v) is 18.1. The largest absolute Gasteiger partial charge is 0.296 e. The fourth-order valence-electron chi connectivity index (χ4n) is 3.70. The number of para-hydroxylation sites is 1. The first-order valence-electron chi connectivity index (χ1n) is 10.2. The summed E-state index contributed by atoms with van der Waals surface area (Å²) in [4.78, 5) is 38.6. The lowest BCUT2D eigenvalue weighted by atomic mass is 9.79. The Morgan fingerprint density at radius 3 is 2.42 bits per heavy atom. The van der Waals surface area contributed by atoms with Gasteiger partial charge in [-0.3, -0.25) is 24.5 Å². The van der Waals surface area contributed by atoms with Crippen molar-refractivity contribution in [2.75, 3.05) is 5.43 Å². The van der Waals surface area contributed by atoms with Crippen LogP contribution in [0.1, 0.15) is 38.8 Å².